The highest BCUT2D eigenvalue weighted by Crippen LogP contribution is 2.32. The van der Waals surface area contributed by atoms with Crippen molar-refractivity contribution < 1.29 is 9.66 Å². The minimum Gasteiger partial charge on any atom is -0.373 e. The molecule has 23 heavy (non-hydrogen) atoms. The maximum Gasteiger partial charge on any atom is 0.293 e. The molecule has 2 aromatic rings. The van der Waals surface area contributed by atoms with E-state index in [-0.39, 0.29) is 16.7 Å². The van der Waals surface area contributed by atoms with Gasteiger partial charge < -0.3 is 9.64 Å². The van der Waals surface area contributed by atoms with Gasteiger partial charge in [-0.25, -0.2) is 0 Å². The number of aromatic nitrogens is 2. The number of aryl methyl sites for hydroxylation is 1. The van der Waals surface area contributed by atoms with Gasteiger partial charge in [0, 0.05) is 29.8 Å². The molecule has 2 heterocycles. The smallest absolute Gasteiger partial charge is 0.293 e. The van der Waals surface area contributed by atoms with Crippen LogP contribution in [-0.4, -0.2) is 40.5 Å². The summed E-state index contributed by atoms with van der Waals surface area (Å²) in [6.45, 7) is 4.40. The summed E-state index contributed by atoms with van der Waals surface area (Å²) in [5, 5.41) is 15.6. The Morgan fingerprint density at radius 2 is 2.35 bits per heavy atom. The summed E-state index contributed by atoms with van der Waals surface area (Å²) in [6, 6.07) is 5.14. The predicted molar refractivity (Wildman–Crippen MR) is 89.7 cm³/mol. The first-order valence-electron chi connectivity index (χ1n) is 7.32. The minimum atomic E-state index is -0.346. The maximum atomic E-state index is 11.3. The van der Waals surface area contributed by atoms with Gasteiger partial charge in [0.25, 0.3) is 5.69 Å². The zero-order valence-corrected chi connectivity index (χ0v) is 14.3. The normalized spacial score (nSPS) is 18.2. The first kappa shape index (κ1) is 15.9. The highest BCUT2D eigenvalue weighted by molar-refractivity contribution is 9.10. The Morgan fingerprint density at radius 1 is 1.52 bits per heavy atom. The van der Waals surface area contributed by atoms with E-state index in [9.17, 15) is 10.1 Å². The lowest BCUT2D eigenvalue weighted by Gasteiger charge is -2.34. The zero-order chi connectivity index (χ0) is 16.4. The third-order valence-electron chi connectivity index (χ3n) is 3.77. The van der Waals surface area contributed by atoms with Crippen molar-refractivity contribution in [1.29, 1.82) is 0 Å². The summed E-state index contributed by atoms with van der Waals surface area (Å²) in [5.41, 5.74) is 1.83. The standard InChI is InChI=1S/C15H17BrN4O3/c1-11-7-17-19(8-11)10-13-9-18(4-5-23-13)14-3-2-12(16)6-15(14)20(21)22/h2-3,6-8,13H,4-5,9-10H2,1H3. The molecule has 1 saturated heterocycles. The Morgan fingerprint density at radius 3 is 3.04 bits per heavy atom. The van der Waals surface area contributed by atoms with Gasteiger partial charge in [-0.3, -0.25) is 14.8 Å². The first-order chi connectivity index (χ1) is 11.0. The minimum absolute atomic E-state index is 0.0497. The number of anilines is 1. The van der Waals surface area contributed by atoms with E-state index >= 15 is 0 Å². The molecule has 1 aromatic heterocycles. The number of halogens is 1. The van der Waals surface area contributed by atoms with Crippen molar-refractivity contribution in [2.45, 2.75) is 19.6 Å². The molecule has 8 heteroatoms. The van der Waals surface area contributed by atoms with Crippen LogP contribution in [-0.2, 0) is 11.3 Å². The van der Waals surface area contributed by atoms with Gasteiger partial charge >= 0.3 is 0 Å². The van der Waals surface area contributed by atoms with E-state index in [0.29, 0.717) is 36.4 Å². The van der Waals surface area contributed by atoms with E-state index in [2.05, 4.69) is 21.0 Å². The number of morpholine rings is 1. The Hall–Kier alpha value is -1.93. The second kappa shape index (κ2) is 6.67. The third-order valence-corrected chi connectivity index (χ3v) is 4.26. The van der Waals surface area contributed by atoms with Gasteiger partial charge in [-0.1, -0.05) is 15.9 Å². The predicted octanol–water partition coefficient (Wildman–Crippen LogP) is 2.77. The molecular weight excluding hydrogens is 364 g/mol. The highest BCUT2D eigenvalue weighted by Gasteiger charge is 2.26. The van der Waals surface area contributed by atoms with Crippen LogP contribution >= 0.6 is 15.9 Å². The van der Waals surface area contributed by atoms with E-state index in [1.54, 1.807) is 12.3 Å². The maximum absolute atomic E-state index is 11.3. The van der Waals surface area contributed by atoms with Crippen LogP contribution in [0.25, 0.3) is 0 Å². The van der Waals surface area contributed by atoms with Crippen LogP contribution < -0.4 is 4.90 Å². The zero-order valence-electron chi connectivity index (χ0n) is 12.7. The number of hydrogen-bond donors (Lipinski definition) is 0. The van der Waals surface area contributed by atoms with Gasteiger partial charge in [-0.15, -0.1) is 0 Å². The summed E-state index contributed by atoms with van der Waals surface area (Å²) in [6.07, 6.45) is 3.72. The molecule has 122 valence electrons. The second-order valence-electron chi connectivity index (χ2n) is 5.57. The molecule has 0 radical (unpaired) electrons. The van der Waals surface area contributed by atoms with Crippen molar-refractivity contribution in [3.63, 3.8) is 0 Å². The molecule has 0 bridgehead atoms. The summed E-state index contributed by atoms with van der Waals surface area (Å²) >= 11 is 3.29. The fraction of sp³-hybridized carbons (Fsp3) is 0.400. The van der Waals surface area contributed by atoms with E-state index < -0.39 is 0 Å². The van der Waals surface area contributed by atoms with Crippen molar-refractivity contribution in [2.24, 2.45) is 0 Å². The van der Waals surface area contributed by atoms with Crippen molar-refractivity contribution in [2.75, 3.05) is 24.6 Å². The summed E-state index contributed by atoms with van der Waals surface area (Å²) in [4.78, 5) is 13.0. The summed E-state index contributed by atoms with van der Waals surface area (Å²) < 4.78 is 8.33. The average molecular weight is 381 g/mol. The van der Waals surface area contributed by atoms with Gasteiger partial charge in [0.05, 0.1) is 30.4 Å². The monoisotopic (exact) mass is 380 g/mol. The lowest BCUT2D eigenvalue weighted by Crippen LogP contribution is -2.44. The molecule has 0 amide bonds. The van der Waals surface area contributed by atoms with Gasteiger partial charge in [0.1, 0.15) is 5.69 Å². The molecule has 0 spiro atoms. The second-order valence-corrected chi connectivity index (χ2v) is 6.48. The molecule has 1 aliphatic heterocycles. The molecule has 0 N–H and O–H groups in total. The molecule has 1 unspecified atom stereocenters. The van der Waals surface area contributed by atoms with Crippen molar-refractivity contribution in [3.8, 4) is 0 Å². The van der Waals surface area contributed by atoms with Gasteiger partial charge in [0.15, 0.2) is 0 Å². The van der Waals surface area contributed by atoms with Crippen LogP contribution in [0.2, 0.25) is 0 Å². The third kappa shape index (κ3) is 3.70. The number of nitrogens with zero attached hydrogens (tertiary/aromatic N) is 4. The molecule has 1 atom stereocenters. The van der Waals surface area contributed by atoms with E-state index in [1.807, 2.05) is 28.8 Å². The topological polar surface area (TPSA) is 73.4 Å². The summed E-state index contributed by atoms with van der Waals surface area (Å²) in [5.74, 6) is 0. The number of nitro benzene ring substituents is 1. The molecule has 3 rings (SSSR count). The van der Waals surface area contributed by atoms with Gasteiger partial charge in [0.2, 0.25) is 0 Å². The average Bonchev–Trinajstić information content (AvgIpc) is 2.92. The Labute approximate surface area is 142 Å². The van der Waals surface area contributed by atoms with Crippen molar-refractivity contribution in [1.82, 2.24) is 9.78 Å². The van der Waals surface area contributed by atoms with Gasteiger partial charge in [-0.2, -0.15) is 5.10 Å². The quantitative estimate of drug-likeness (QED) is 0.602. The largest absolute Gasteiger partial charge is 0.373 e. The van der Waals surface area contributed by atoms with Crippen LogP contribution in [0.15, 0.2) is 35.1 Å². The van der Waals surface area contributed by atoms with Crippen LogP contribution in [0.1, 0.15) is 5.56 Å². The van der Waals surface area contributed by atoms with Crippen molar-refractivity contribution >= 4 is 27.3 Å². The Bertz CT molecular complexity index is 718. The fourth-order valence-electron chi connectivity index (χ4n) is 2.73. The summed E-state index contributed by atoms with van der Waals surface area (Å²) in [7, 11) is 0. The Balaban J connectivity index is 1.77. The number of hydrogen-bond acceptors (Lipinski definition) is 5. The molecule has 7 nitrogen and oxygen atoms in total. The lowest BCUT2D eigenvalue weighted by atomic mass is 10.2. The molecule has 1 aromatic carbocycles. The number of ether oxygens (including phenoxy) is 1. The number of rotatable bonds is 4. The van der Waals surface area contributed by atoms with Crippen LogP contribution in [0.5, 0.6) is 0 Å². The number of benzene rings is 1. The molecule has 0 aliphatic carbocycles. The van der Waals surface area contributed by atoms with Crippen molar-refractivity contribution in [3.05, 3.63) is 50.7 Å². The van der Waals surface area contributed by atoms with E-state index in [4.69, 9.17) is 4.74 Å². The van der Waals surface area contributed by atoms with E-state index in [0.717, 1.165) is 5.56 Å². The molecule has 0 saturated carbocycles. The molecular formula is C15H17BrN4O3. The van der Waals surface area contributed by atoms with Crippen LogP contribution in [0, 0.1) is 17.0 Å². The fourth-order valence-corrected chi connectivity index (χ4v) is 3.08. The van der Waals surface area contributed by atoms with E-state index in [1.165, 1.54) is 6.07 Å². The Kier molecular flexibility index (Phi) is 4.63. The lowest BCUT2D eigenvalue weighted by molar-refractivity contribution is -0.384. The van der Waals surface area contributed by atoms with Gasteiger partial charge in [-0.05, 0) is 24.6 Å². The SMILES string of the molecule is Cc1cnn(CC2CN(c3ccc(Br)cc3[N+](=O)[O-])CCO2)c1. The van der Waals surface area contributed by atoms with Crippen LogP contribution in [0.4, 0.5) is 11.4 Å². The molecule has 1 fully saturated rings. The molecule has 1 aliphatic rings. The highest BCUT2D eigenvalue weighted by atomic mass is 79.9. The first-order valence-corrected chi connectivity index (χ1v) is 8.12. The van der Waals surface area contributed by atoms with Crippen LogP contribution in [0.3, 0.4) is 0 Å². The number of nitro groups is 1.